The Kier molecular flexibility index (Phi) is 7.57. The fraction of sp³-hybridized carbons (Fsp3) is 0.458. The molecule has 2 heterocycles. The van der Waals surface area contributed by atoms with Gasteiger partial charge in [-0.15, -0.1) is 5.10 Å². The summed E-state index contributed by atoms with van der Waals surface area (Å²) >= 11 is 0. The molecule has 0 saturated carbocycles. The average Bonchev–Trinajstić information content (AvgIpc) is 3.27. The monoisotopic (exact) mass is 486 g/mol. The maximum absolute atomic E-state index is 13.3. The van der Waals surface area contributed by atoms with Crippen LogP contribution in [0.25, 0.3) is 0 Å². The van der Waals surface area contributed by atoms with Gasteiger partial charge < -0.3 is 4.90 Å². The highest BCUT2D eigenvalue weighted by molar-refractivity contribution is 7.90. The zero-order valence-electron chi connectivity index (χ0n) is 19.6. The van der Waals surface area contributed by atoms with Crippen molar-refractivity contribution in [3.8, 4) is 0 Å². The molecule has 0 amide bonds. The smallest absolute Gasteiger partial charge is 0.198 e. The first-order valence-corrected chi connectivity index (χ1v) is 13.3. The summed E-state index contributed by atoms with van der Waals surface area (Å²) in [6.07, 6.45) is 2.85. The number of hydrogen-bond acceptors (Lipinski definition) is 7. The molecule has 0 bridgehead atoms. The number of anilines is 1. The topological polar surface area (TPSA) is 84.2 Å². The Balaban J connectivity index is 1.51. The summed E-state index contributed by atoms with van der Waals surface area (Å²) in [6, 6.07) is 13.3. The third kappa shape index (κ3) is 5.61. The van der Waals surface area contributed by atoms with Crippen LogP contribution in [0.3, 0.4) is 0 Å². The summed E-state index contributed by atoms with van der Waals surface area (Å²) in [6.45, 7) is 7.19. The molecule has 1 saturated heterocycles. The van der Waals surface area contributed by atoms with Crippen LogP contribution >= 0.6 is 0 Å². The van der Waals surface area contributed by atoms with Crippen molar-refractivity contribution < 1.29 is 12.8 Å². The third-order valence-electron chi connectivity index (χ3n) is 6.31. The van der Waals surface area contributed by atoms with E-state index in [1.807, 2.05) is 6.92 Å². The predicted molar refractivity (Wildman–Crippen MR) is 129 cm³/mol. The Labute approximate surface area is 200 Å². The van der Waals surface area contributed by atoms with Gasteiger partial charge in [0, 0.05) is 31.9 Å². The fourth-order valence-electron chi connectivity index (χ4n) is 4.34. The Morgan fingerprint density at radius 3 is 2.32 bits per heavy atom. The quantitative estimate of drug-likeness (QED) is 0.457. The largest absolute Gasteiger partial charge is 0.369 e. The number of piperazine rings is 1. The Morgan fingerprint density at radius 1 is 1.00 bits per heavy atom. The number of aryl methyl sites for hydroxylation is 1. The molecular formula is C24H31FN6O2S. The van der Waals surface area contributed by atoms with Gasteiger partial charge in [-0.3, -0.25) is 4.90 Å². The molecule has 0 aliphatic carbocycles. The highest BCUT2D eigenvalue weighted by Crippen LogP contribution is 2.28. The molecule has 34 heavy (non-hydrogen) atoms. The lowest BCUT2D eigenvalue weighted by molar-refractivity contribution is 0.163. The van der Waals surface area contributed by atoms with Crippen LogP contribution < -0.4 is 4.90 Å². The van der Waals surface area contributed by atoms with Crippen LogP contribution in [-0.4, -0.2) is 59.7 Å². The van der Waals surface area contributed by atoms with E-state index < -0.39 is 9.84 Å². The first kappa shape index (κ1) is 24.3. The number of nitrogens with zero attached hydrogens (tertiary/aromatic N) is 6. The minimum atomic E-state index is -3.59. The van der Waals surface area contributed by atoms with Gasteiger partial charge in [0.25, 0.3) is 0 Å². The molecule has 4 rings (SSSR count). The van der Waals surface area contributed by atoms with E-state index in [9.17, 15) is 12.8 Å². The predicted octanol–water partition coefficient (Wildman–Crippen LogP) is 3.61. The lowest BCUT2D eigenvalue weighted by Crippen LogP contribution is -2.48. The third-order valence-corrected chi connectivity index (χ3v) is 7.88. The molecule has 1 aromatic heterocycles. The molecule has 10 heteroatoms. The molecule has 0 spiro atoms. The van der Waals surface area contributed by atoms with E-state index in [1.165, 1.54) is 16.8 Å². The second-order valence-corrected chi connectivity index (χ2v) is 10.7. The van der Waals surface area contributed by atoms with E-state index in [-0.39, 0.29) is 22.6 Å². The molecule has 0 radical (unpaired) electrons. The van der Waals surface area contributed by atoms with Crippen molar-refractivity contribution in [1.82, 2.24) is 25.1 Å². The van der Waals surface area contributed by atoms with E-state index in [2.05, 4.69) is 32.2 Å². The Bertz CT molecular complexity index is 1170. The number of halogens is 1. The van der Waals surface area contributed by atoms with Gasteiger partial charge in [-0.1, -0.05) is 37.5 Å². The van der Waals surface area contributed by atoms with Crippen LogP contribution in [0, 0.1) is 12.7 Å². The van der Waals surface area contributed by atoms with Crippen molar-refractivity contribution >= 4 is 15.5 Å². The van der Waals surface area contributed by atoms with Crippen LogP contribution in [0.15, 0.2) is 53.4 Å². The van der Waals surface area contributed by atoms with Gasteiger partial charge in [-0.05, 0) is 60.2 Å². The molecule has 1 aliphatic rings. The van der Waals surface area contributed by atoms with Crippen LogP contribution in [0.5, 0.6) is 0 Å². The fourth-order valence-corrected chi connectivity index (χ4v) is 5.55. The first-order valence-electron chi connectivity index (χ1n) is 11.7. The Morgan fingerprint density at radius 2 is 1.68 bits per heavy atom. The minimum Gasteiger partial charge on any atom is -0.369 e. The molecule has 182 valence electrons. The lowest BCUT2D eigenvalue weighted by Gasteiger charge is -2.39. The summed E-state index contributed by atoms with van der Waals surface area (Å²) in [4.78, 5) is 4.83. The highest BCUT2D eigenvalue weighted by atomic mass is 32.2. The number of unbranched alkanes of at least 4 members (excludes halogenated alkanes) is 1. The molecule has 8 nitrogen and oxygen atoms in total. The molecular weight excluding hydrogens is 455 g/mol. The lowest BCUT2D eigenvalue weighted by atomic mass is 10.1. The standard InChI is InChI=1S/C24H31FN6O2S/c1-3-4-5-23(30-16-14-29(15-17-30)21-10-8-20(25)9-11-21)24-26-27-28-31(24)18-34(32,33)22-12-6-19(2)7-13-22/h6-13,23H,3-5,14-18H2,1-2H3. The average molecular weight is 487 g/mol. The van der Waals surface area contributed by atoms with Crippen LogP contribution in [0.4, 0.5) is 10.1 Å². The molecule has 1 atom stereocenters. The summed E-state index contributed by atoms with van der Waals surface area (Å²) in [7, 11) is -3.59. The van der Waals surface area contributed by atoms with E-state index >= 15 is 0 Å². The van der Waals surface area contributed by atoms with Gasteiger partial charge in [-0.25, -0.2) is 17.5 Å². The van der Waals surface area contributed by atoms with Crippen molar-refractivity contribution in [2.75, 3.05) is 31.1 Å². The molecule has 0 N–H and O–H groups in total. The van der Waals surface area contributed by atoms with Gasteiger partial charge in [0.2, 0.25) is 0 Å². The van der Waals surface area contributed by atoms with Crippen LogP contribution in [-0.2, 0) is 15.7 Å². The first-order chi connectivity index (χ1) is 16.4. The number of rotatable bonds is 9. The summed E-state index contributed by atoms with van der Waals surface area (Å²) in [5.41, 5.74) is 2.00. The second kappa shape index (κ2) is 10.6. The normalized spacial score (nSPS) is 16.0. The van der Waals surface area contributed by atoms with E-state index in [4.69, 9.17) is 0 Å². The zero-order valence-corrected chi connectivity index (χ0v) is 20.5. The Hall–Kier alpha value is -2.85. The van der Waals surface area contributed by atoms with Gasteiger partial charge in [0.15, 0.2) is 21.5 Å². The van der Waals surface area contributed by atoms with E-state index in [0.29, 0.717) is 5.82 Å². The summed E-state index contributed by atoms with van der Waals surface area (Å²) in [5.74, 6) is 0.0464. The number of benzene rings is 2. The van der Waals surface area contributed by atoms with Crippen molar-refractivity contribution in [2.45, 2.75) is 49.9 Å². The number of sulfone groups is 1. The number of tetrazole rings is 1. The van der Waals surface area contributed by atoms with Crippen molar-refractivity contribution in [3.63, 3.8) is 0 Å². The molecule has 2 aromatic carbocycles. The summed E-state index contributed by atoms with van der Waals surface area (Å²) in [5, 5.41) is 12.1. The highest BCUT2D eigenvalue weighted by Gasteiger charge is 2.30. The van der Waals surface area contributed by atoms with E-state index in [1.54, 1.807) is 36.4 Å². The number of hydrogen-bond donors (Lipinski definition) is 0. The maximum Gasteiger partial charge on any atom is 0.198 e. The van der Waals surface area contributed by atoms with Crippen molar-refractivity contribution in [1.29, 1.82) is 0 Å². The van der Waals surface area contributed by atoms with E-state index in [0.717, 1.165) is 56.7 Å². The second-order valence-electron chi connectivity index (χ2n) is 8.75. The van der Waals surface area contributed by atoms with Gasteiger partial charge in [0.05, 0.1) is 10.9 Å². The van der Waals surface area contributed by atoms with Crippen LogP contribution in [0.1, 0.15) is 43.6 Å². The summed E-state index contributed by atoms with van der Waals surface area (Å²) < 4.78 is 40.8. The SMILES string of the molecule is CCCCC(c1nnnn1CS(=O)(=O)c1ccc(C)cc1)N1CCN(c2ccc(F)cc2)CC1. The molecule has 1 fully saturated rings. The maximum atomic E-state index is 13.3. The zero-order chi connectivity index (χ0) is 24.1. The van der Waals surface area contributed by atoms with Crippen molar-refractivity contribution in [2.24, 2.45) is 0 Å². The van der Waals surface area contributed by atoms with Gasteiger partial charge in [0.1, 0.15) is 5.82 Å². The van der Waals surface area contributed by atoms with Crippen molar-refractivity contribution in [3.05, 3.63) is 65.7 Å². The molecule has 1 unspecified atom stereocenters. The molecule has 1 aliphatic heterocycles. The minimum absolute atomic E-state index is 0.0708. The van der Waals surface area contributed by atoms with Gasteiger partial charge in [-0.2, -0.15) is 0 Å². The molecule has 3 aromatic rings. The van der Waals surface area contributed by atoms with Crippen LogP contribution in [0.2, 0.25) is 0 Å². The number of aromatic nitrogens is 4. The van der Waals surface area contributed by atoms with Gasteiger partial charge >= 0.3 is 0 Å².